The summed E-state index contributed by atoms with van der Waals surface area (Å²) in [6, 6.07) is 6.41. The minimum absolute atomic E-state index is 0.324. The molecule has 0 saturated heterocycles. The average molecular weight is 273 g/mol. The largest absolute Gasteiger partial charge is 0.496 e. The van der Waals surface area contributed by atoms with Crippen molar-refractivity contribution in [1.29, 1.82) is 0 Å². The van der Waals surface area contributed by atoms with E-state index in [2.05, 4.69) is 40.4 Å². The fraction of sp³-hybridized carbons (Fsp3) is 0.455. The first-order chi connectivity index (χ1) is 7.21. The highest BCUT2D eigenvalue weighted by Crippen LogP contribution is 2.26. The van der Waals surface area contributed by atoms with Gasteiger partial charge in [0, 0.05) is 6.04 Å². The van der Waals surface area contributed by atoms with Gasteiger partial charge in [-0.1, -0.05) is 13.0 Å². The molecule has 84 valence electrons. The molecule has 15 heavy (non-hydrogen) atoms. The van der Waals surface area contributed by atoms with E-state index in [-0.39, 0.29) is 0 Å². The van der Waals surface area contributed by atoms with Gasteiger partial charge in [-0.05, 0) is 46.5 Å². The summed E-state index contributed by atoms with van der Waals surface area (Å²) in [6.45, 7) is 2.11. The van der Waals surface area contributed by atoms with E-state index < -0.39 is 0 Å². The molecule has 0 heterocycles. The van der Waals surface area contributed by atoms with Crippen LogP contribution in [-0.4, -0.2) is 13.2 Å². The highest BCUT2D eigenvalue weighted by atomic mass is 79.9. The molecule has 3 N–H and O–H groups in total. The van der Waals surface area contributed by atoms with Crippen molar-refractivity contribution in [3.63, 3.8) is 0 Å². The number of rotatable bonds is 5. The van der Waals surface area contributed by atoms with Gasteiger partial charge in [0.05, 0.1) is 11.6 Å². The maximum absolute atomic E-state index is 5.44. The Hall–Kier alpha value is -0.580. The van der Waals surface area contributed by atoms with Crippen LogP contribution >= 0.6 is 15.9 Å². The van der Waals surface area contributed by atoms with Crippen molar-refractivity contribution >= 4 is 15.9 Å². The van der Waals surface area contributed by atoms with Gasteiger partial charge in [0.25, 0.3) is 0 Å². The third-order valence-electron chi connectivity index (χ3n) is 2.43. The monoisotopic (exact) mass is 272 g/mol. The Bertz CT molecular complexity index is 313. The van der Waals surface area contributed by atoms with E-state index >= 15 is 0 Å². The summed E-state index contributed by atoms with van der Waals surface area (Å²) >= 11 is 3.46. The molecule has 0 aliphatic carbocycles. The molecule has 1 unspecified atom stereocenters. The SMILES string of the molecule is CCC(Cc1ccc(OC)c(Br)c1)NN. The van der Waals surface area contributed by atoms with Crippen LogP contribution in [0.4, 0.5) is 0 Å². The van der Waals surface area contributed by atoms with Gasteiger partial charge in [-0.2, -0.15) is 0 Å². The summed E-state index contributed by atoms with van der Waals surface area (Å²) in [5.74, 6) is 6.29. The second kappa shape index (κ2) is 6.10. The maximum atomic E-state index is 5.44. The number of hydrogen-bond donors (Lipinski definition) is 2. The van der Waals surface area contributed by atoms with Crippen molar-refractivity contribution in [2.75, 3.05) is 7.11 Å². The standard InChI is InChI=1S/C11H17BrN2O/c1-3-9(14-13)6-8-4-5-11(15-2)10(12)7-8/h4-5,7,9,14H,3,6,13H2,1-2H3. The highest BCUT2D eigenvalue weighted by molar-refractivity contribution is 9.10. The Morgan fingerprint density at radius 2 is 2.27 bits per heavy atom. The number of benzene rings is 1. The molecule has 0 fully saturated rings. The van der Waals surface area contributed by atoms with Crippen LogP contribution in [0.1, 0.15) is 18.9 Å². The molecular formula is C11H17BrN2O. The van der Waals surface area contributed by atoms with E-state index in [1.54, 1.807) is 7.11 Å². The predicted molar refractivity (Wildman–Crippen MR) is 65.8 cm³/mol. The van der Waals surface area contributed by atoms with E-state index in [9.17, 15) is 0 Å². The average Bonchev–Trinajstić information content (AvgIpc) is 2.26. The summed E-state index contributed by atoms with van der Waals surface area (Å²) in [7, 11) is 1.66. The molecule has 1 aromatic carbocycles. The maximum Gasteiger partial charge on any atom is 0.133 e. The Morgan fingerprint density at radius 3 is 2.73 bits per heavy atom. The fourth-order valence-electron chi connectivity index (χ4n) is 1.44. The van der Waals surface area contributed by atoms with Gasteiger partial charge < -0.3 is 4.74 Å². The van der Waals surface area contributed by atoms with Crippen molar-refractivity contribution < 1.29 is 4.74 Å². The summed E-state index contributed by atoms with van der Waals surface area (Å²) in [6.07, 6.45) is 1.94. The van der Waals surface area contributed by atoms with Crippen molar-refractivity contribution in [3.05, 3.63) is 28.2 Å². The molecule has 0 bridgehead atoms. The number of halogens is 1. The number of hydrazine groups is 1. The minimum atomic E-state index is 0.324. The molecule has 0 radical (unpaired) electrons. The van der Waals surface area contributed by atoms with E-state index in [0.29, 0.717) is 6.04 Å². The summed E-state index contributed by atoms with van der Waals surface area (Å²) < 4.78 is 6.15. The second-order valence-corrected chi connectivity index (χ2v) is 4.30. The third kappa shape index (κ3) is 3.48. The minimum Gasteiger partial charge on any atom is -0.496 e. The van der Waals surface area contributed by atoms with Crippen LogP contribution in [0.15, 0.2) is 22.7 Å². The quantitative estimate of drug-likeness (QED) is 0.639. The molecule has 1 atom stereocenters. The fourth-order valence-corrected chi connectivity index (χ4v) is 2.03. The predicted octanol–water partition coefficient (Wildman–Crippen LogP) is 2.24. The Kier molecular flexibility index (Phi) is 5.08. The first-order valence-corrected chi connectivity index (χ1v) is 5.79. The van der Waals surface area contributed by atoms with E-state index in [4.69, 9.17) is 10.6 Å². The lowest BCUT2D eigenvalue weighted by molar-refractivity contribution is 0.411. The summed E-state index contributed by atoms with van der Waals surface area (Å²) in [5, 5.41) is 0. The number of nitrogens with two attached hydrogens (primary N) is 1. The summed E-state index contributed by atoms with van der Waals surface area (Å²) in [4.78, 5) is 0. The van der Waals surface area contributed by atoms with Crippen LogP contribution in [0.5, 0.6) is 5.75 Å². The molecule has 3 nitrogen and oxygen atoms in total. The van der Waals surface area contributed by atoms with Crippen LogP contribution in [0.2, 0.25) is 0 Å². The number of hydrogen-bond acceptors (Lipinski definition) is 3. The highest BCUT2D eigenvalue weighted by Gasteiger charge is 2.07. The smallest absolute Gasteiger partial charge is 0.133 e. The first kappa shape index (κ1) is 12.5. The van der Waals surface area contributed by atoms with Crippen molar-refractivity contribution in [3.8, 4) is 5.75 Å². The Morgan fingerprint density at radius 1 is 1.53 bits per heavy atom. The van der Waals surface area contributed by atoms with E-state index in [1.807, 2.05) is 6.07 Å². The Labute approximate surface area is 99.1 Å². The van der Waals surface area contributed by atoms with Crippen LogP contribution in [0.3, 0.4) is 0 Å². The number of nitrogens with one attached hydrogen (secondary N) is 1. The van der Waals surface area contributed by atoms with Crippen LogP contribution in [0, 0.1) is 0 Å². The zero-order valence-electron chi connectivity index (χ0n) is 9.09. The topological polar surface area (TPSA) is 47.3 Å². The lowest BCUT2D eigenvalue weighted by atomic mass is 10.0. The molecular weight excluding hydrogens is 256 g/mol. The van der Waals surface area contributed by atoms with Gasteiger partial charge in [-0.15, -0.1) is 0 Å². The van der Waals surface area contributed by atoms with Gasteiger partial charge in [0.1, 0.15) is 5.75 Å². The van der Waals surface area contributed by atoms with Crippen molar-refractivity contribution in [2.45, 2.75) is 25.8 Å². The molecule has 0 aliphatic rings. The van der Waals surface area contributed by atoms with Gasteiger partial charge in [-0.25, -0.2) is 0 Å². The third-order valence-corrected chi connectivity index (χ3v) is 3.05. The van der Waals surface area contributed by atoms with Gasteiger partial charge in [0.2, 0.25) is 0 Å². The molecule has 0 saturated carbocycles. The first-order valence-electron chi connectivity index (χ1n) is 4.99. The zero-order valence-corrected chi connectivity index (χ0v) is 10.7. The lowest BCUT2D eigenvalue weighted by Gasteiger charge is -2.14. The van der Waals surface area contributed by atoms with Crippen LogP contribution < -0.4 is 16.0 Å². The van der Waals surface area contributed by atoms with Crippen LogP contribution in [0.25, 0.3) is 0 Å². The van der Waals surface area contributed by atoms with E-state index in [0.717, 1.165) is 23.1 Å². The lowest BCUT2D eigenvalue weighted by Crippen LogP contribution is -2.36. The molecule has 1 aromatic rings. The zero-order chi connectivity index (χ0) is 11.3. The van der Waals surface area contributed by atoms with Crippen LogP contribution in [-0.2, 0) is 6.42 Å². The van der Waals surface area contributed by atoms with Gasteiger partial charge >= 0.3 is 0 Å². The second-order valence-electron chi connectivity index (χ2n) is 3.44. The molecule has 0 amide bonds. The normalized spacial score (nSPS) is 12.5. The van der Waals surface area contributed by atoms with Crippen molar-refractivity contribution in [1.82, 2.24) is 5.43 Å². The molecule has 0 aliphatic heterocycles. The molecule has 0 spiro atoms. The number of ether oxygens (including phenoxy) is 1. The van der Waals surface area contributed by atoms with E-state index in [1.165, 1.54) is 5.56 Å². The van der Waals surface area contributed by atoms with Gasteiger partial charge in [0.15, 0.2) is 0 Å². The summed E-state index contributed by atoms with van der Waals surface area (Å²) in [5.41, 5.74) is 4.04. The molecule has 4 heteroatoms. The van der Waals surface area contributed by atoms with Gasteiger partial charge in [-0.3, -0.25) is 11.3 Å². The molecule has 0 aromatic heterocycles. The number of methoxy groups -OCH3 is 1. The Balaban J connectivity index is 2.74. The molecule has 1 rings (SSSR count). The van der Waals surface area contributed by atoms with Crippen molar-refractivity contribution in [2.24, 2.45) is 5.84 Å².